The molecule has 1 aliphatic rings. The van der Waals surface area contributed by atoms with E-state index in [1.54, 1.807) is 6.92 Å². The molecule has 0 bridgehead atoms. The van der Waals surface area contributed by atoms with Crippen molar-refractivity contribution in [3.05, 3.63) is 23.8 Å². The number of carbonyl (C=O) groups is 1. The highest BCUT2D eigenvalue weighted by Crippen LogP contribution is 2.44. The number of carbonyl (C=O) groups excluding carboxylic acids is 1. The molecule has 0 spiro atoms. The van der Waals surface area contributed by atoms with Gasteiger partial charge in [-0.2, -0.15) is 0 Å². The van der Waals surface area contributed by atoms with E-state index in [0.29, 0.717) is 11.4 Å². The number of primary amides is 1. The monoisotopic (exact) mass is 255 g/mol. The Labute approximate surface area is 104 Å². The molecule has 6 heteroatoms. The highest BCUT2D eigenvalue weighted by atomic mass is 19.3. The predicted molar refractivity (Wildman–Crippen MR) is 61.1 cm³/mol. The van der Waals surface area contributed by atoms with Crippen LogP contribution in [0.25, 0.3) is 0 Å². The minimum atomic E-state index is -2.70. The fourth-order valence-corrected chi connectivity index (χ4v) is 2.36. The third-order valence-electron chi connectivity index (χ3n) is 3.64. The summed E-state index contributed by atoms with van der Waals surface area (Å²) >= 11 is 0. The fraction of sp³-hybridized carbons (Fsp3) is 0.583. The van der Waals surface area contributed by atoms with E-state index >= 15 is 0 Å². The highest BCUT2D eigenvalue weighted by molar-refractivity contribution is 5.86. The van der Waals surface area contributed by atoms with Crippen molar-refractivity contribution in [2.45, 2.75) is 43.9 Å². The summed E-state index contributed by atoms with van der Waals surface area (Å²) in [7, 11) is 0. The van der Waals surface area contributed by atoms with Crippen LogP contribution in [0, 0.1) is 6.92 Å². The zero-order chi connectivity index (χ0) is 13.4. The second kappa shape index (κ2) is 4.26. The number of hydrogen-bond acceptors (Lipinski definition) is 3. The lowest BCUT2D eigenvalue weighted by Crippen LogP contribution is -2.46. The third-order valence-corrected chi connectivity index (χ3v) is 3.64. The van der Waals surface area contributed by atoms with Gasteiger partial charge in [-0.15, -0.1) is 0 Å². The average molecular weight is 255 g/mol. The SMILES string of the molecule is Cc1ncc(C2(C(N)=O)CCC(F)(F)CC2)cn1. The summed E-state index contributed by atoms with van der Waals surface area (Å²) in [5.41, 5.74) is 4.91. The van der Waals surface area contributed by atoms with E-state index in [1.165, 1.54) is 12.4 Å². The van der Waals surface area contributed by atoms with Crippen molar-refractivity contribution in [2.24, 2.45) is 5.73 Å². The molecule has 18 heavy (non-hydrogen) atoms. The predicted octanol–water partition coefficient (Wildman–Crippen LogP) is 1.72. The zero-order valence-corrected chi connectivity index (χ0v) is 10.1. The molecule has 0 aliphatic heterocycles. The van der Waals surface area contributed by atoms with E-state index < -0.39 is 17.2 Å². The number of hydrogen-bond donors (Lipinski definition) is 1. The van der Waals surface area contributed by atoms with Crippen LogP contribution in [0.1, 0.15) is 37.1 Å². The van der Waals surface area contributed by atoms with E-state index in [2.05, 4.69) is 9.97 Å². The number of alkyl halides is 2. The Balaban J connectivity index is 2.34. The van der Waals surface area contributed by atoms with Crippen LogP contribution in [-0.2, 0) is 10.2 Å². The van der Waals surface area contributed by atoms with Gasteiger partial charge in [0.1, 0.15) is 5.82 Å². The average Bonchev–Trinajstić information content (AvgIpc) is 2.30. The van der Waals surface area contributed by atoms with Crippen molar-refractivity contribution < 1.29 is 13.6 Å². The zero-order valence-electron chi connectivity index (χ0n) is 10.1. The molecular formula is C12H15F2N3O. The Morgan fingerprint density at radius 2 is 1.72 bits per heavy atom. The molecule has 98 valence electrons. The van der Waals surface area contributed by atoms with Crippen LogP contribution in [0.3, 0.4) is 0 Å². The molecule has 1 saturated carbocycles. The minimum Gasteiger partial charge on any atom is -0.369 e. The summed E-state index contributed by atoms with van der Waals surface area (Å²) in [6.07, 6.45) is 2.45. The van der Waals surface area contributed by atoms with Gasteiger partial charge < -0.3 is 5.73 Å². The highest BCUT2D eigenvalue weighted by Gasteiger charge is 2.48. The number of amides is 1. The van der Waals surface area contributed by atoms with Gasteiger partial charge >= 0.3 is 0 Å². The summed E-state index contributed by atoms with van der Waals surface area (Å²) in [6.45, 7) is 1.72. The molecule has 1 aromatic heterocycles. The number of rotatable bonds is 2. The molecule has 0 radical (unpaired) electrons. The molecular weight excluding hydrogens is 240 g/mol. The largest absolute Gasteiger partial charge is 0.369 e. The first-order valence-electron chi connectivity index (χ1n) is 5.83. The Kier molecular flexibility index (Phi) is 3.04. The maximum atomic E-state index is 13.2. The molecule has 1 fully saturated rings. The maximum Gasteiger partial charge on any atom is 0.248 e. The van der Waals surface area contributed by atoms with Gasteiger partial charge in [-0.1, -0.05) is 0 Å². The Morgan fingerprint density at radius 1 is 1.22 bits per heavy atom. The molecule has 2 N–H and O–H groups in total. The van der Waals surface area contributed by atoms with Crippen molar-refractivity contribution in [3.8, 4) is 0 Å². The Morgan fingerprint density at radius 3 is 2.17 bits per heavy atom. The minimum absolute atomic E-state index is 0.0434. The summed E-state index contributed by atoms with van der Waals surface area (Å²) < 4.78 is 26.4. The first-order chi connectivity index (χ1) is 8.36. The first kappa shape index (κ1) is 12.9. The third kappa shape index (κ3) is 2.19. The Bertz CT molecular complexity index is 449. The lowest BCUT2D eigenvalue weighted by molar-refractivity contribution is -0.128. The number of nitrogens with two attached hydrogens (primary N) is 1. The van der Waals surface area contributed by atoms with Crippen LogP contribution in [0.2, 0.25) is 0 Å². The number of aromatic nitrogens is 2. The molecule has 0 unspecified atom stereocenters. The van der Waals surface area contributed by atoms with Gasteiger partial charge in [0, 0.05) is 30.8 Å². The van der Waals surface area contributed by atoms with E-state index in [4.69, 9.17) is 5.73 Å². The van der Waals surface area contributed by atoms with E-state index in [-0.39, 0.29) is 25.7 Å². The second-order valence-corrected chi connectivity index (χ2v) is 4.82. The molecule has 1 amide bonds. The van der Waals surface area contributed by atoms with Crippen molar-refractivity contribution in [3.63, 3.8) is 0 Å². The van der Waals surface area contributed by atoms with Crippen LogP contribution in [-0.4, -0.2) is 21.8 Å². The van der Waals surface area contributed by atoms with Gasteiger partial charge in [-0.3, -0.25) is 4.79 Å². The topological polar surface area (TPSA) is 68.9 Å². The lowest BCUT2D eigenvalue weighted by Gasteiger charge is -2.37. The summed E-state index contributed by atoms with van der Waals surface area (Å²) in [4.78, 5) is 19.7. The van der Waals surface area contributed by atoms with Crippen molar-refractivity contribution in [1.29, 1.82) is 0 Å². The van der Waals surface area contributed by atoms with Crippen molar-refractivity contribution in [1.82, 2.24) is 9.97 Å². The molecule has 0 aromatic carbocycles. The smallest absolute Gasteiger partial charge is 0.248 e. The molecule has 0 atom stereocenters. The normalized spacial score (nSPS) is 21.5. The molecule has 1 aromatic rings. The van der Waals surface area contributed by atoms with Gasteiger partial charge in [0.2, 0.25) is 11.8 Å². The van der Waals surface area contributed by atoms with Gasteiger partial charge in [0.25, 0.3) is 0 Å². The van der Waals surface area contributed by atoms with Gasteiger partial charge in [-0.05, 0) is 19.8 Å². The molecule has 4 nitrogen and oxygen atoms in total. The van der Waals surface area contributed by atoms with Gasteiger partial charge in [0.15, 0.2) is 0 Å². The van der Waals surface area contributed by atoms with E-state index in [9.17, 15) is 13.6 Å². The van der Waals surface area contributed by atoms with E-state index in [1.807, 2.05) is 0 Å². The first-order valence-corrected chi connectivity index (χ1v) is 5.83. The summed E-state index contributed by atoms with van der Waals surface area (Å²) in [6, 6.07) is 0. The number of nitrogens with zero attached hydrogens (tertiary/aromatic N) is 2. The lowest BCUT2D eigenvalue weighted by atomic mass is 9.68. The quantitative estimate of drug-likeness (QED) is 0.874. The van der Waals surface area contributed by atoms with Crippen molar-refractivity contribution in [2.75, 3.05) is 0 Å². The van der Waals surface area contributed by atoms with Crippen LogP contribution in [0.5, 0.6) is 0 Å². The Hall–Kier alpha value is -1.59. The van der Waals surface area contributed by atoms with Gasteiger partial charge in [0.05, 0.1) is 5.41 Å². The standard InChI is InChI=1S/C12H15F2N3O/c1-8-16-6-9(7-17-8)11(10(15)18)2-4-12(13,14)5-3-11/h6-7H,2-5H2,1H3,(H2,15,18). The molecule has 2 rings (SSSR count). The second-order valence-electron chi connectivity index (χ2n) is 4.82. The van der Waals surface area contributed by atoms with Crippen molar-refractivity contribution >= 4 is 5.91 Å². The maximum absolute atomic E-state index is 13.2. The van der Waals surface area contributed by atoms with Crippen LogP contribution in [0.4, 0.5) is 8.78 Å². The van der Waals surface area contributed by atoms with Crippen LogP contribution < -0.4 is 5.73 Å². The molecule has 1 heterocycles. The van der Waals surface area contributed by atoms with E-state index in [0.717, 1.165) is 0 Å². The van der Waals surface area contributed by atoms with Gasteiger partial charge in [-0.25, -0.2) is 18.7 Å². The summed E-state index contributed by atoms with van der Waals surface area (Å²) in [5.74, 6) is -2.71. The molecule has 0 saturated heterocycles. The number of aryl methyl sites for hydroxylation is 1. The van der Waals surface area contributed by atoms with Crippen LogP contribution >= 0.6 is 0 Å². The summed E-state index contributed by atoms with van der Waals surface area (Å²) in [5, 5.41) is 0. The molecule has 1 aliphatic carbocycles. The fourth-order valence-electron chi connectivity index (χ4n) is 2.36. The van der Waals surface area contributed by atoms with Crippen LogP contribution in [0.15, 0.2) is 12.4 Å². The number of halogens is 2.